The van der Waals surface area contributed by atoms with Crippen molar-refractivity contribution in [2.45, 2.75) is 51.3 Å². The molecule has 1 N–H and O–H groups in total. The Kier molecular flexibility index (Phi) is 5.78. The van der Waals surface area contributed by atoms with Gasteiger partial charge in [0, 0.05) is 25.1 Å². The zero-order valence-corrected chi connectivity index (χ0v) is 19.6. The number of benzene rings is 1. The fourth-order valence-electron chi connectivity index (χ4n) is 4.23. The van der Waals surface area contributed by atoms with Crippen molar-refractivity contribution in [1.29, 1.82) is 0 Å². The summed E-state index contributed by atoms with van der Waals surface area (Å²) in [6.07, 6.45) is 3.07. The first-order valence-corrected chi connectivity index (χ1v) is 12.8. The normalized spacial score (nSPS) is 21.5. The second kappa shape index (κ2) is 8.11. The van der Waals surface area contributed by atoms with E-state index < -0.39 is 10.0 Å². The summed E-state index contributed by atoms with van der Waals surface area (Å²) >= 11 is 1.20. The zero-order chi connectivity index (χ0) is 22.4. The van der Waals surface area contributed by atoms with E-state index in [9.17, 15) is 18.0 Å². The van der Waals surface area contributed by atoms with Gasteiger partial charge in [-0.15, -0.1) is 0 Å². The van der Waals surface area contributed by atoms with Crippen LogP contribution in [0, 0.1) is 11.3 Å². The molecule has 0 saturated carbocycles. The maximum absolute atomic E-state index is 12.9. The monoisotopic (exact) mass is 461 g/mol. The van der Waals surface area contributed by atoms with Crippen molar-refractivity contribution >= 4 is 38.2 Å². The average molecular weight is 462 g/mol. The lowest BCUT2D eigenvalue weighted by molar-refractivity contribution is 0.0915. The largest absolute Gasteiger partial charge is 0.298 e. The minimum atomic E-state index is -3.56. The second-order valence-corrected chi connectivity index (χ2v) is 12.3. The third-order valence-corrected chi connectivity index (χ3v) is 8.76. The highest BCUT2D eigenvalue weighted by molar-refractivity contribution is 7.89. The molecule has 0 radical (unpaired) electrons. The van der Waals surface area contributed by atoms with Crippen LogP contribution in [-0.2, 0) is 16.4 Å². The number of thiazole rings is 1. The van der Waals surface area contributed by atoms with Gasteiger partial charge in [-0.1, -0.05) is 32.1 Å². The molecule has 1 aliphatic heterocycles. The van der Waals surface area contributed by atoms with Crippen molar-refractivity contribution in [3.63, 3.8) is 0 Å². The molecule has 0 bridgehead atoms. The molecular formula is C22H27N3O4S2. The van der Waals surface area contributed by atoms with Gasteiger partial charge in [0.15, 0.2) is 10.9 Å². The Morgan fingerprint density at radius 2 is 1.94 bits per heavy atom. The van der Waals surface area contributed by atoms with Gasteiger partial charge < -0.3 is 0 Å². The first kappa shape index (κ1) is 22.1. The predicted octanol–water partition coefficient (Wildman–Crippen LogP) is 3.97. The van der Waals surface area contributed by atoms with Gasteiger partial charge in [-0.05, 0) is 54.9 Å². The smallest absolute Gasteiger partial charge is 0.257 e. The van der Waals surface area contributed by atoms with Gasteiger partial charge in [0.1, 0.15) is 0 Å². The molecule has 0 spiro atoms. The summed E-state index contributed by atoms with van der Waals surface area (Å²) in [5.74, 6) is 0.0225. The van der Waals surface area contributed by atoms with E-state index in [1.165, 1.54) is 39.9 Å². The van der Waals surface area contributed by atoms with Crippen LogP contribution in [-0.4, -0.2) is 42.5 Å². The maximum Gasteiger partial charge on any atom is 0.257 e. The minimum absolute atomic E-state index is 0.0610. The molecule has 1 aromatic carbocycles. The Labute approximate surface area is 186 Å². The Balaban J connectivity index is 1.48. The Morgan fingerprint density at radius 3 is 2.61 bits per heavy atom. The fourth-order valence-corrected chi connectivity index (χ4v) is 6.75. The van der Waals surface area contributed by atoms with E-state index in [4.69, 9.17) is 0 Å². The number of nitrogens with zero attached hydrogens (tertiary/aromatic N) is 2. The fraction of sp³-hybridized carbons (Fsp3) is 0.500. The number of sulfonamides is 1. The number of ketones is 1. The standard InChI is InChI=1S/C22H27N3O4S2/c1-14-5-4-10-25(13-14)31(28,29)16-8-6-15(7-9-16)20(27)24-21-23-17-11-22(2,3)12-18(26)19(17)30-21/h6-9,14H,4-5,10-13H2,1-3H3,(H,23,24,27)/t14-/m0/s1. The van der Waals surface area contributed by atoms with Crippen molar-refractivity contribution in [3.8, 4) is 0 Å². The third-order valence-electron chi connectivity index (χ3n) is 5.83. The molecule has 2 aromatic rings. The predicted molar refractivity (Wildman–Crippen MR) is 120 cm³/mol. The number of hydrogen-bond donors (Lipinski definition) is 1. The van der Waals surface area contributed by atoms with Crippen molar-refractivity contribution in [2.24, 2.45) is 11.3 Å². The second-order valence-electron chi connectivity index (χ2n) is 9.32. The highest BCUT2D eigenvalue weighted by Crippen LogP contribution is 2.38. The SMILES string of the molecule is C[C@H]1CCCN(S(=O)(=O)c2ccc(C(=O)Nc3nc4c(s3)C(=O)CC(C)(C)C4)cc2)C1. The van der Waals surface area contributed by atoms with Gasteiger partial charge in [0.2, 0.25) is 10.0 Å². The zero-order valence-electron chi connectivity index (χ0n) is 18.0. The first-order chi connectivity index (χ1) is 14.5. The summed E-state index contributed by atoms with van der Waals surface area (Å²) in [6.45, 7) is 7.17. The number of nitrogens with one attached hydrogen (secondary N) is 1. The number of piperidine rings is 1. The van der Waals surface area contributed by atoms with Gasteiger partial charge >= 0.3 is 0 Å². The van der Waals surface area contributed by atoms with Crippen LogP contribution in [0.3, 0.4) is 0 Å². The summed E-state index contributed by atoms with van der Waals surface area (Å²) in [7, 11) is -3.56. The Hall–Kier alpha value is -2.10. The maximum atomic E-state index is 12.9. The number of rotatable bonds is 4. The molecule has 4 rings (SSSR count). The summed E-state index contributed by atoms with van der Waals surface area (Å²) in [5.41, 5.74) is 0.942. The van der Waals surface area contributed by atoms with Crippen LogP contribution in [0.4, 0.5) is 5.13 Å². The molecule has 31 heavy (non-hydrogen) atoms. The van der Waals surface area contributed by atoms with Crippen LogP contribution in [0.2, 0.25) is 0 Å². The molecule has 166 valence electrons. The van der Waals surface area contributed by atoms with Crippen molar-refractivity contribution in [1.82, 2.24) is 9.29 Å². The molecule has 1 fully saturated rings. The molecule has 2 heterocycles. The van der Waals surface area contributed by atoms with Crippen LogP contribution < -0.4 is 5.32 Å². The van der Waals surface area contributed by atoms with Crippen molar-refractivity contribution in [3.05, 3.63) is 40.4 Å². The van der Waals surface area contributed by atoms with E-state index in [1.807, 2.05) is 13.8 Å². The van der Waals surface area contributed by atoms with Crippen LogP contribution in [0.25, 0.3) is 0 Å². The highest BCUT2D eigenvalue weighted by Gasteiger charge is 2.34. The van der Waals surface area contributed by atoms with E-state index in [1.54, 1.807) is 0 Å². The van der Waals surface area contributed by atoms with E-state index >= 15 is 0 Å². The topological polar surface area (TPSA) is 96.4 Å². The lowest BCUT2D eigenvalue weighted by atomic mass is 9.78. The molecule has 2 aliphatic rings. The Morgan fingerprint density at radius 1 is 1.23 bits per heavy atom. The van der Waals surface area contributed by atoms with Gasteiger partial charge in [0.05, 0.1) is 15.5 Å². The van der Waals surface area contributed by atoms with E-state index in [0.717, 1.165) is 18.5 Å². The Bertz CT molecular complexity index is 1120. The minimum Gasteiger partial charge on any atom is -0.298 e. The number of fused-ring (bicyclic) bond motifs is 1. The van der Waals surface area contributed by atoms with Crippen LogP contribution >= 0.6 is 11.3 Å². The molecule has 1 saturated heterocycles. The third kappa shape index (κ3) is 4.58. The van der Waals surface area contributed by atoms with Gasteiger partial charge in [-0.2, -0.15) is 4.31 Å². The summed E-state index contributed by atoms with van der Waals surface area (Å²) in [6, 6.07) is 5.97. The first-order valence-electron chi connectivity index (χ1n) is 10.5. The van der Waals surface area contributed by atoms with Crippen LogP contribution in [0.15, 0.2) is 29.2 Å². The van der Waals surface area contributed by atoms with E-state index in [2.05, 4.69) is 17.2 Å². The number of Topliss-reactive ketones (excluding diaryl/α,β-unsaturated/α-hetero) is 1. The molecule has 9 heteroatoms. The number of aromatic nitrogens is 1. The molecule has 7 nitrogen and oxygen atoms in total. The molecule has 1 atom stereocenters. The quantitative estimate of drug-likeness (QED) is 0.743. The number of amides is 1. The van der Waals surface area contributed by atoms with Gasteiger partial charge in [0.25, 0.3) is 5.91 Å². The molecule has 1 amide bonds. The summed E-state index contributed by atoms with van der Waals surface area (Å²) < 4.78 is 27.3. The van der Waals surface area contributed by atoms with Crippen molar-refractivity contribution in [2.75, 3.05) is 18.4 Å². The molecule has 0 unspecified atom stereocenters. The molecule has 1 aromatic heterocycles. The van der Waals surface area contributed by atoms with E-state index in [-0.39, 0.29) is 22.0 Å². The van der Waals surface area contributed by atoms with Crippen LogP contribution in [0.5, 0.6) is 0 Å². The summed E-state index contributed by atoms with van der Waals surface area (Å²) in [5, 5.41) is 3.14. The van der Waals surface area contributed by atoms with Gasteiger partial charge in [-0.25, -0.2) is 13.4 Å². The summed E-state index contributed by atoms with van der Waals surface area (Å²) in [4.78, 5) is 30.3. The number of hydrogen-bond acceptors (Lipinski definition) is 6. The highest BCUT2D eigenvalue weighted by atomic mass is 32.2. The van der Waals surface area contributed by atoms with Gasteiger partial charge in [-0.3, -0.25) is 14.9 Å². The van der Waals surface area contributed by atoms with Crippen LogP contribution in [0.1, 0.15) is 65.8 Å². The molecular weight excluding hydrogens is 434 g/mol. The number of carbonyl (C=O) groups excluding carboxylic acids is 2. The molecule has 1 aliphatic carbocycles. The van der Waals surface area contributed by atoms with E-state index in [0.29, 0.717) is 47.4 Å². The number of carbonyl (C=O) groups is 2. The lowest BCUT2D eigenvalue weighted by Gasteiger charge is -2.30. The number of anilines is 1. The van der Waals surface area contributed by atoms with Crippen molar-refractivity contribution < 1.29 is 18.0 Å². The lowest BCUT2D eigenvalue weighted by Crippen LogP contribution is -2.39. The average Bonchev–Trinajstić information content (AvgIpc) is 3.09.